The van der Waals surface area contributed by atoms with Crippen LogP contribution in [0, 0.1) is 22.0 Å². The van der Waals surface area contributed by atoms with Crippen molar-refractivity contribution in [2.45, 2.75) is 37.6 Å². The zero-order chi connectivity index (χ0) is 22.7. The fourth-order valence-corrected chi connectivity index (χ4v) is 6.48. The monoisotopic (exact) mass is 442 g/mol. The number of ether oxygens (including phenoxy) is 1. The fourth-order valence-electron chi connectivity index (χ4n) is 6.48. The molecular weight excluding hydrogens is 416 g/mol. The van der Waals surface area contributed by atoms with Crippen LogP contribution in [0.25, 0.3) is 0 Å². The van der Waals surface area contributed by atoms with Crippen LogP contribution in [0.1, 0.15) is 64.7 Å². The van der Waals surface area contributed by atoms with Crippen LogP contribution in [-0.4, -0.2) is 24.0 Å². The second-order valence-electron chi connectivity index (χ2n) is 9.47. The lowest BCUT2D eigenvalue weighted by atomic mass is 9.70. The number of carbonyl (C=O) groups is 1. The standard InChI is InChI=1S/C27H26N2O4/c1-2-33-27(30)18-13-23-20-6-3-5-17(20)15-28-25(16-9-11-19(12-10-16)29(31)32)22-8-4-7-21(22)24(14-18)26(23)28/h3-4,6-7,9-14,17,20-22,25H,2,5,8,15H2,1H3. The van der Waals surface area contributed by atoms with E-state index >= 15 is 0 Å². The van der Waals surface area contributed by atoms with Crippen molar-refractivity contribution < 1.29 is 14.5 Å². The smallest absolute Gasteiger partial charge is 0.338 e. The van der Waals surface area contributed by atoms with Crippen LogP contribution in [0.2, 0.25) is 0 Å². The average molecular weight is 443 g/mol. The van der Waals surface area contributed by atoms with Gasteiger partial charge >= 0.3 is 5.97 Å². The maximum atomic E-state index is 12.7. The number of allylic oxidation sites excluding steroid dienone is 4. The first-order valence-electron chi connectivity index (χ1n) is 11.8. The average Bonchev–Trinajstić information content (AvgIpc) is 3.49. The molecule has 2 aromatic carbocycles. The number of nitro benzene ring substituents is 1. The van der Waals surface area contributed by atoms with Gasteiger partial charge in [0, 0.05) is 36.2 Å². The summed E-state index contributed by atoms with van der Waals surface area (Å²) in [6.45, 7) is 3.14. The van der Waals surface area contributed by atoms with Crippen molar-refractivity contribution >= 4 is 17.3 Å². The molecular formula is C27H26N2O4. The largest absolute Gasteiger partial charge is 0.462 e. The van der Waals surface area contributed by atoms with Crippen molar-refractivity contribution in [3.05, 3.63) is 93.1 Å². The highest BCUT2D eigenvalue weighted by atomic mass is 16.6. The highest BCUT2D eigenvalue weighted by Gasteiger charge is 2.48. The van der Waals surface area contributed by atoms with Crippen molar-refractivity contribution in [2.75, 3.05) is 18.1 Å². The molecule has 0 N–H and O–H groups in total. The van der Waals surface area contributed by atoms with Crippen LogP contribution in [0.4, 0.5) is 11.4 Å². The molecule has 0 saturated heterocycles. The van der Waals surface area contributed by atoms with E-state index in [0.29, 0.717) is 29.9 Å². The van der Waals surface area contributed by atoms with Crippen molar-refractivity contribution in [1.82, 2.24) is 0 Å². The Bertz CT molecular complexity index is 1180. The van der Waals surface area contributed by atoms with E-state index in [9.17, 15) is 14.9 Å². The van der Waals surface area contributed by atoms with Crippen molar-refractivity contribution in [3.8, 4) is 0 Å². The van der Waals surface area contributed by atoms with Crippen LogP contribution in [0.3, 0.4) is 0 Å². The number of rotatable bonds is 4. The molecule has 0 amide bonds. The predicted molar refractivity (Wildman–Crippen MR) is 126 cm³/mol. The molecule has 2 aliphatic carbocycles. The number of non-ortho nitro benzene ring substituents is 1. The van der Waals surface area contributed by atoms with Gasteiger partial charge < -0.3 is 9.64 Å². The lowest BCUT2D eigenvalue weighted by Gasteiger charge is -2.51. The van der Waals surface area contributed by atoms with E-state index < -0.39 is 0 Å². The van der Waals surface area contributed by atoms with E-state index in [1.54, 1.807) is 12.1 Å². The minimum atomic E-state index is -0.343. The van der Waals surface area contributed by atoms with Gasteiger partial charge in [0.1, 0.15) is 0 Å². The summed E-state index contributed by atoms with van der Waals surface area (Å²) < 4.78 is 5.36. The molecule has 2 heterocycles. The summed E-state index contributed by atoms with van der Waals surface area (Å²) in [6, 6.07) is 11.3. The first-order valence-corrected chi connectivity index (χ1v) is 11.8. The Morgan fingerprint density at radius 3 is 2.52 bits per heavy atom. The van der Waals surface area contributed by atoms with E-state index in [4.69, 9.17) is 4.74 Å². The Labute approximate surface area is 192 Å². The Kier molecular flexibility index (Phi) is 4.64. The van der Waals surface area contributed by atoms with E-state index in [2.05, 4.69) is 29.2 Å². The van der Waals surface area contributed by atoms with Gasteiger partial charge in [-0.1, -0.05) is 36.4 Å². The number of carbonyl (C=O) groups excluding carboxylic acids is 1. The van der Waals surface area contributed by atoms with Crippen LogP contribution in [-0.2, 0) is 4.74 Å². The zero-order valence-corrected chi connectivity index (χ0v) is 18.5. The minimum absolute atomic E-state index is 0.120. The summed E-state index contributed by atoms with van der Waals surface area (Å²) >= 11 is 0. The van der Waals surface area contributed by atoms with Crippen molar-refractivity contribution in [1.29, 1.82) is 0 Å². The third-order valence-corrected chi connectivity index (χ3v) is 7.81. The van der Waals surface area contributed by atoms with Gasteiger partial charge in [0.2, 0.25) is 0 Å². The summed E-state index contributed by atoms with van der Waals surface area (Å²) in [4.78, 5) is 26.1. The molecule has 0 fully saturated rings. The first-order chi connectivity index (χ1) is 16.1. The summed E-state index contributed by atoms with van der Waals surface area (Å²) in [5.41, 5.74) is 5.55. The molecule has 33 heavy (non-hydrogen) atoms. The predicted octanol–water partition coefficient (Wildman–Crippen LogP) is 5.67. The molecule has 168 valence electrons. The Hall–Kier alpha value is -3.41. The maximum Gasteiger partial charge on any atom is 0.338 e. The molecule has 0 spiro atoms. The quantitative estimate of drug-likeness (QED) is 0.264. The zero-order valence-electron chi connectivity index (χ0n) is 18.5. The molecule has 0 aromatic heterocycles. The number of hydrogen-bond donors (Lipinski definition) is 0. The van der Waals surface area contributed by atoms with Gasteiger partial charge in [-0.2, -0.15) is 0 Å². The van der Waals surface area contributed by atoms with Crippen LogP contribution in [0.5, 0.6) is 0 Å². The second-order valence-corrected chi connectivity index (χ2v) is 9.47. The first kappa shape index (κ1) is 20.2. The van der Waals surface area contributed by atoms with Gasteiger partial charge in [-0.25, -0.2) is 4.79 Å². The van der Waals surface area contributed by atoms with Gasteiger partial charge in [0.25, 0.3) is 5.69 Å². The van der Waals surface area contributed by atoms with E-state index in [1.165, 1.54) is 16.8 Å². The normalized spacial score (nSPS) is 28.3. The van der Waals surface area contributed by atoms with Gasteiger partial charge in [0.15, 0.2) is 0 Å². The summed E-state index contributed by atoms with van der Waals surface area (Å²) in [5.74, 6) is 1.06. The van der Waals surface area contributed by atoms with Gasteiger partial charge in [-0.15, -0.1) is 0 Å². The topological polar surface area (TPSA) is 72.7 Å². The molecule has 2 aliphatic heterocycles. The van der Waals surface area contributed by atoms with Crippen molar-refractivity contribution in [2.24, 2.45) is 11.8 Å². The number of hydrogen-bond acceptors (Lipinski definition) is 5. The van der Waals surface area contributed by atoms with Crippen LogP contribution in [0.15, 0.2) is 60.7 Å². The molecule has 4 aliphatic rings. The molecule has 0 bridgehead atoms. The minimum Gasteiger partial charge on any atom is -0.462 e. The number of benzene rings is 2. The molecule has 5 unspecified atom stereocenters. The number of anilines is 1. The van der Waals surface area contributed by atoms with Crippen molar-refractivity contribution in [3.63, 3.8) is 0 Å². The summed E-state index contributed by atoms with van der Waals surface area (Å²) in [6.07, 6.45) is 11.1. The Balaban J connectivity index is 1.52. The highest BCUT2D eigenvalue weighted by molar-refractivity contribution is 5.92. The summed E-state index contributed by atoms with van der Waals surface area (Å²) in [7, 11) is 0. The maximum absolute atomic E-state index is 12.7. The van der Waals surface area contributed by atoms with E-state index in [-0.39, 0.29) is 28.5 Å². The fraction of sp³-hybridized carbons (Fsp3) is 0.370. The van der Waals surface area contributed by atoms with Crippen LogP contribution < -0.4 is 4.90 Å². The molecule has 6 nitrogen and oxygen atoms in total. The SMILES string of the molecule is CCOC(=O)c1cc2c3c(c1)C1C=CCC1C(c1ccc([N+](=O)[O-])cc1)N3CC1CC=CC21. The molecule has 6 heteroatoms. The molecule has 0 saturated carbocycles. The number of nitro groups is 1. The van der Waals surface area contributed by atoms with Gasteiger partial charge in [-0.3, -0.25) is 10.1 Å². The molecule has 2 aromatic rings. The number of fused-ring (bicyclic) bond motifs is 4. The Morgan fingerprint density at radius 1 is 1.09 bits per heavy atom. The summed E-state index contributed by atoms with van der Waals surface area (Å²) in [5, 5.41) is 11.2. The van der Waals surface area contributed by atoms with Crippen LogP contribution >= 0.6 is 0 Å². The Morgan fingerprint density at radius 2 is 1.79 bits per heavy atom. The van der Waals surface area contributed by atoms with Gasteiger partial charge in [0.05, 0.1) is 23.1 Å². The van der Waals surface area contributed by atoms with E-state index in [0.717, 1.165) is 24.9 Å². The molecule has 0 radical (unpaired) electrons. The third-order valence-electron chi connectivity index (χ3n) is 7.81. The lowest BCUT2D eigenvalue weighted by molar-refractivity contribution is -0.384. The molecule has 5 atom stereocenters. The second kappa shape index (κ2) is 7.58. The van der Waals surface area contributed by atoms with E-state index in [1.807, 2.05) is 31.2 Å². The van der Waals surface area contributed by atoms with Gasteiger partial charge in [-0.05, 0) is 60.4 Å². The highest BCUT2D eigenvalue weighted by Crippen LogP contribution is 2.59. The third kappa shape index (κ3) is 3.04. The molecule has 6 rings (SSSR count). The number of nitrogens with zero attached hydrogens (tertiary/aromatic N) is 2. The lowest BCUT2D eigenvalue weighted by Crippen LogP contribution is -2.46. The number of esters is 1.